The molecule has 0 fully saturated rings. The van der Waals surface area contributed by atoms with Crippen molar-refractivity contribution in [3.05, 3.63) is 121 Å². The summed E-state index contributed by atoms with van der Waals surface area (Å²) in [5, 5.41) is 12.7. The molecule has 4 aromatic rings. The average molecular weight is 478 g/mol. The third-order valence-electron chi connectivity index (χ3n) is 5.49. The summed E-state index contributed by atoms with van der Waals surface area (Å²) in [6, 6.07) is 26.3. The van der Waals surface area contributed by atoms with Crippen LogP contribution in [0.3, 0.4) is 0 Å². The smallest absolute Gasteiger partial charge is 0.273 e. The molecule has 0 radical (unpaired) electrons. The van der Waals surface area contributed by atoms with E-state index < -0.39 is 5.91 Å². The minimum atomic E-state index is -0.562. The highest BCUT2D eigenvalue weighted by molar-refractivity contribution is 7.07. The van der Waals surface area contributed by atoms with Crippen molar-refractivity contribution in [1.82, 2.24) is 4.57 Å². The molecule has 0 atom stereocenters. The number of aromatic nitrogens is 1. The maximum atomic E-state index is 13.4. The number of anilines is 1. The van der Waals surface area contributed by atoms with Crippen LogP contribution in [-0.2, 0) is 4.79 Å². The lowest BCUT2D eigenvalue weighted by molar-refractivity contribution is -0.111. The molecule has 4 rings (SSSR count). The highest BCUT2D eigenvalue weighted by Crippen LogP contribution is 2.15. The van der Waals surface area contributed by atoms with E-state index in [1.54, 1.807) is 30.4 Å². The third kappa shape index (κ3) is 5.37. The average Bonchev–Trinajstić information content (AvgIpc) is 3.18. The van der Waals surface area contributed by atoms with Crippen molar-refractivity contribution in [2.75, 3.05) is 5.32 Å². The van der Waals surface area contributed by atoms with Crippen molar-refractivity contribution in [2.24, 2.45) is 0 Å². The fourth-order valence-electron chi connectivity index (χ4n) is 3.49. The van der Waals surface area contributed by atoms with Gasteiger partial charge in [0.25, 0.3) is 11.5 Å². The molecule has 0 aliphatic carbocycles. The van der Waals surface area contributed by atoms with Crippen LogP contribution >= 0.6 is 11.3 Å². The molecule has 5 nitrogen and oxygen atoms in total. The fraction of sp³-hybridized carbons (Fsp3) is 0.0690. The summed E-state index contributed by atoms with van der Waals surface area (Å²) < 4.78 is 2.12. The van der Waals surface area contributed by atoms with Crippen LogP contribution in [0.4, 0.5) is 5.69 Å². The molecule has 1 N–H and O–H groups in total. The quantitative estimate of drug-likeness (QED) is 0.465. The first kappa shape index (κ1) is 23.7. The summed E-state index contributed by atoms with van der Waals surface area (Å²) >= 11 is 1.12. The molecule has 0 unspecified atom stereocenters. The molecule has 0 spiro atoms. The van der Waals surface area contributed by atoms with Crippen LogP contribution in [0, 0.1) is 25.2 Å². The lowest BCUT2D eigenvalue weighted by Crippen LogP contribution is -2.32. The lowest BCUT2D eigenvalue weighted by Gasteiger charge is -2.07. The molecular weight excluding hydrogens is 454 g/mol. The van der Waals surface area contributed by atoms with Crippen LogP contribution in [0.25, 0.3) is 23.4 Å². The number of allylic oxidation sites excluding steroid dienone is 1. The maximum absolute atomic E-state index is 13.4. The number of amides is 1. The van der Waals surface area contributed by atoms with E-state index in [1.807, 2.05) is 86.7 Å². The van der Waals surface area contributed by atoms with Gasteiger partial charge < -0.3 is 5.32 Å². The molecule has 1 amide bonds. The second-order valence-electron chi connectivity index (χ2n) is 7.92. The summed E-state index contributed by atoms with van der Waals surface area (Å²) in [6.07, 6.45) is 5.40. The summed E-state index contributed by atoms with van der Waals surface area (Å²) in [5.74, 6) is -0.562. The number of rotatable bonds is 5. The number of thiazole rings is 1. The van der Waals surface area contributed by atoms with E-state index >= 15 is 0 Å². The van der Waals surface area contributed by atoms with E-state index in [2.05, 4.69) is 5.32 Å². The monoisotopic (exact) mass is 477 g/mol. The van der Waals surface area contributed by atoms with Gasteiger partial charge >= 0.3 is 0 Å². The Balaban J connectivity index is 1.86. The second-order valence-corrected chi connectivity index (χ2v) is 8.95. The Morgan fingerprint density at radius 2 is 1.66 bits per heavy atom. The molecule has 6 heteroatoms. The van der Waals surface area contributed by atoms with E-state index in [-0.39, 0.29) is 15.8 Å². The van der Waals surface area contributed by atoms with Gasteiger partial charge in [0.1, 0.15) is 10.7 Å². The van der Waals surface area contributed by atoms with Gasteiger partial charge in [-0.15, -0.1) is 11.3 Å². The molecule has 1 heterocycles. The van der Waals surface area contributed by atoms with E-state index in [0.29, 0.717) is 15.9 Å². The van der Waals surface area contributed by atoms with E-state index in [4.69, 9.17) is 0 Å². The molecule has 0 aliphatic rings. The molecule has 172 valence electrons. The minimum Gasteiger partial charge on any atom is -0.321 e. The number of nitrogens with one attached hydrogen (secondary N) is 1. The van der Waals surface area contributed by atoms with Crippen LogP contribution < -0.4 is 20.1 Å². The normalized spacial score (nSPS) is 12.4. The first-order valence-corrected chi connectivity index (χ1v) is 11.8. The van der Waals surface area contributed by atoms with Crippen molar-refractivity contribution in [3.63, 3.8) is 0 Å². The van der Waals surface area contributed by atoms with Gasteiger partial charge in [0, 0.05) is 5.69 Å². The Morgan fingerprint density at radius 3 is 2.31 bits per heavy atom. The first-order valence-electron chi connectivity index (χ1n) is 11.0. The summed E-state index contributed by atoms with van der Waals surface area (Å²) in [7, 11) is 0. The number of hydrogen-bond donors (Lipinski definition) is 1. The molecule has 0 saturated heterocycles. The van der Waals surface area contributed by atoms with Crippen LogP contribution in [0.2, 0.25) is 0 Å². The summed E-state index contributed by atoms with van der Waals surface area (Å²) in [5.41, 5.74) is 3.89. The summed E-state index contributed by atoms with van der Waals surface area (Å²) in [4.78, 5) is 26.5. The van der Waals surface area contributed by atoms with Crippen LogP contribution in [0.5, 0.6) is 0 Å². The van der Waals surface area contributed by atoms with E-state index in [0.717, 1.165) is 28.0 Å². The van der Waals surface area contributed by atoms with Gasteiger partial charge in [-0.05, 0) is 60.9 Å². The Kier molecular flexibility index (Phi) is 7.20. The number of aryl methyl sites for hydroxylation is 2. The lowest BCUT2D eigenvalue weighted by atomic mass is 10.1. The summed E-state index contributed by atoms with van der Waals surface area (Å²) in [6.45, 7) is 3.94. The first-order chi connectivity index (χ1) is 17.0. The second kappa shape index (κ2) is 10.6. The third-order valence-corrected chi connectivity index (χ3v) is 6.60. The van der Waals surface area contributed by atoms with Crippen molar-refractivity contribution < 1.29 is 4.79 Å². The van der Waals surface area contributed by atoms with Gasteiger partial charge in [-0.2, -0.15) is 5.26 Å². The largest absolute Gasteiger partial charge is 0.321 e. The molecule has 0 aliphatic heterocycles. The Hall–Kier alpha value is -4.47. The van der Waals surface area contributed by atoms with Gasteiger partial charge in [-0.25, -0.2) is 0 Å². The fourth-order valence-corrected chi connectivity index (χ4v) is 4.55. The van der Waals surface area contributed by atoms with Crippen LogP contribution in [0.15, 0.2) is 89.7 Å². The van der Waals surface area contributed by atoms with E-state index in [9.17, 15) is 14.9 Å². The highest BCUT2D eigenvalue weighted by Gasteiger charge is 2.17. The Morgan fingerprint density at radius 1 is 0.971 bits per heavy atom. The van der Waals surface area contributed by atoms with Crippen LogP contribution in [-0.4, -0.2) is 10.5 Å². The zero-order valence-corrected chi connectivity index (χ0v) is 20.2. The Bertz CT molecular complexity index is 1620. The molecule has 1 aromatic heterocycles. The molecule has 0 saturated carbocycles. The predicted octanol–water partition coefficient (Wildman–Crippen LogP) is 4.32. The van der Waals surface area contributed by atoms with Crippen molar-refractivity contribution >= 4 is 40.7 Å². The van der Waals surface area contributed by atoms with Crippen molar-refractivity contribution in [2.45, 2.75) is 13.8 Å². The van der Waals surface area contributed by atoms with Gasteiger partial charge in [0.05, 0.1) is 10.2 Å². The number of carbonyl (C=O) groups is 1. The van der Waals surface area contributed by atoms with Gasteiger partial charge in [-0.3, -0.25) is 14.2 Å². The Labute approximate surface area is 207 Å². The number of carbonyl (C=O) groups excluding carboxylic acids is 1. The number of nitriles is 1. The molecule has 3 aromatic carbocycles. The highest BCUT2D eigenvalue weighted by atomic mass is 32.1. The maximum Gasteiger partial charge on any atom is 0.273 e. The molecular formula is C29H23N3O2S. The zero-order chi connectivity index (χ0) is 24.8. The predicted molar refractivity (Wildman–Crippen MR) is 143 cm³/mol. The number of para-hydroxylation sites is 1. The SMILES string of the molecule is Cc1ccc(NC(=O)C(C#N)=c2sc(=C/C=C/c3ccccc3)c(=O)n2-c2ccccc2)cc1C. The molecule has 35 heavy (non-hydrogen) atoms. The van der Waals surface area contributed by atoms with E-state index in [1.165, 1.54) is 4.57 Å². The van der Waals surface area contributed by atoms with Gasteiger partial charge in [-0.1, -0.05) is 66.7 Å². The number of hydrogen-bond acceptors (Lipinski definition) is 4. The topological polar surface area (TPSA) is 74.9 Å². The van der Waals surface area contributed by atoms with Crippen molar-refractivity contribution in [1.29, 1.82) is 5.26 Å². The van der Waals surface area contributed by atoms with Crippen LogP contribution in [0.1, 0.15) is 16.7 Å². The standard InChI is InChI=1S/C29H23N3O2S/c1-20-16-17-23(18-21(20)2)31-27(33)25(19-30)29-32(24-13-7-4-8-14-24)28(34)26(35-29)15-9-12-22-10-5-3-6-11-22/h3-18H,1-2H3,(H,31,33)/b12-9+,26-15?,29-25?. The number of nitrogens with zero attached hydrogens (tertiary/aromatic N) is 2. The van der Waals surface area contributed by atoms with Crippen molar-refractivity contribution in [3.8, 4) is 11.8 Å². The van der Waals surface area contributed by atoms with Gasteiger partial charge in [0.2, 0.25) is 0 Å². The zero-order valence-electron chi connectivity index (χ0n) is 19.4. The minimum absolute atomic E-state index is 0.124. The number of benzene rings is 3. The molecule has 0 bridgehead atoms. The van der Waals surface area contributed by atoms with Gasteiger partial charge in [0.15, 0.2) is 5.57 Å².